The number of rotatable bonds is 4. The number of carbonyl (C=O) groups is 1. The second-order valence-corrected chi connectivity index (χ2v) is 7.85. The number of amides is 1. The highest BCUT2D eigenvalue weighted by molar-refractivity contribution is 5.85. The van der Waals surface area contributed by atoms with Crippen LogP contribution in [0.25, 0.3) is 0 Å². The molecule has 2 aliphatic carbocycles. The van der Waals surface area contributed by atoms with Gasteiger partial charge in [0.1, 0.15) is 0 Å². The summed E-state index contributed by atoms with van der Waals surface area (Å²) in [5.41, 5.74) is -0.408. The fraction of sp³-hybridized carbons (Fsp3) is 0.889. The molecular weight excluding hydrogens is 345 g/mol. The van der Waals surface area contributed by atoms with E-state index in [0.717, 1.165) is 25.7 Å². The number of hydrogen-bond donors (Lipinski definition) is 2. The van der Waals surface area contributed by atoms with Crippen LogP contribution in [0.15, 0.2) is 4.99 Å². The normalized spacial score (nSPS) is 26.5. The fourth-order valence-corrected chi connectivity index (χ4v) is 4.20. The van der Waals surface area contributed by atoms with E-state index in [9.17, 15) is 18.0 Å². The van der Waals surface area contributed by atoms with Crippen LogP contribution in [-0.4, -0.2) is 56.7 Å². The van der Waals surface area contributed by atoms with E-state index in [1.54, 1.807) is 26.0 Å². The lowest BCUT2D eigenvalue weighted by atomic mass is 9.84. The predicted molar refractivity (Wildman–Crippen MR) is 95.9 cm³/mol. The molecule has 0 aliphatic heterocycles. The molecule has 150 valence electrons. The third kappa shape index (κ3) is 5.04. The highest BCUT2D eigenvalue weighted by Crippen LogP contribution is 2.39. The molecule has 2 N–H and O–H groups in total. The fourth-order valence-electron chi connectivity index (χ4n) is 4.20. The van der Waals surface area contributed by atoms with E-state index in [2.05, 4.69) is 15.6 Å². The van der Waals surface area contributed by atoms with E-state index in [1.165, 1.54) is 0 Å². The van der Waals surface area contributed by atoms with Gasteiger partial charge >= 0.3 is 6.18 Å². The minimum Gasteiger partial charge on any atom is -0.355 e. The van der Waals surface area contributed by atoms with Crippen molar-refractivity contribution in [3.8, 4) is 0 Å². The minimum absolute atomic E-state index is 0.0103. The van der Waals surface area contributed by atoms with Crippen molar-refractivity contribution in [3.63, 3.8) is 0 Å². The molecule has 0 spiro atoms. The summed E-state index contributed by atoms with van der Waals surface area (Å²) in [5, 5.41) is 6.48. The molecule has 0 heterocycles. The first-order valence-corrected chi connectivity index (χ1v) is 9.43. The van der Waals surface area contributed by atoms with E-state index >= 15 is 0 Å². The Balaban J connectivity index is 1.87. The van der Waals surface area contributed by atoms with Gasteiger partial charge in [-0.2, -0.15) is 13.2 Å². The minimum atomic E-state index is -4.09. The molecule has 2 aliphatic rings. The maximum atomic E-state index is 12.8. The van der Waals surface area contributed by atoms with Gasteiger partial charge in [-0.25, -0.2) is 0 Å². The van der Waals surface area contributed by atoms with Crippen LogP contribution in [0.4, 0.5) is 13.2 Å². The van der Waals surface area contributed by atoms with Crippen molar-refractivity contribution in [2.45, 2.75) is 63.6 Å². The largest absolute Gasteiger partial charge is 0.391 e. The average Bonchev–Trinajstić information content (AvgIpc) is 3.07. The summed E-state index contributed by atoms with van der Waals surface area (Å²) in [6, 6.07) is -0.0103. The van der Waals surface area contributed by atoms with Gasteiger partial charge in [0, 0.05) is 33.7 Å². The Hall–Kier alpha value is -1.47. The number of nitrogens with zero attached hydrogens (tertiary/aromatic N) is 2. The van der Waals surface area contributed by atoms with Crippen molar-refractivity contribution in [1.82, 2.24) is 15.5 Å². The molecule has 0 unspecified atom stereocenters. The molecule has 0 aromatic carbocycles. The maximum absolute atomic E-state index is 12.8. The monoisotopic (exact) mass is 376 g/mol. The van der Waals surface area contributed by atoms with Crippen LogP contribution in [0.2, 0.25) is 0 Å². The van der Waals surface area contributed by atoms with Gasteiger partial charge < -0.3 is 15.5 Å². The molecule has 0 aromatic heterocycles. The molecule has 0 aromatic rings. The van der Waals surface area contributed by atoms with Crippen LogP contribution in [0.3, 0.4) is 0 Å². The maximum Gasteiger partial charge on any atom is 0.391 e. The van der Waals surface area contributed by atoms with Gasteiger partial charge in [0.05, 0.1) is 11.3 Å². The van der Waals surface area contributed by atoms with Gasteiger partial charge in [-0.05, 0) is 38.5 Å². The Kier molecular flexibility index (Phi) is 6.80. The van der Waals surface area contributed by atoms with E-state index in [-0.39, 0.29) is 24.8 Å². The zero-order chi connectivity index (χ0) is 19.4. The lowest BCUT2D eigenvalue weighted by Gasteiger charge is -2.33. The van der Waals surface area contributed by atoms with Gasteiger partial charge in [-0.15, -0.1) is 0 Å². The molecule has 1 amide bonds. The second-order valence-electron chi connectivity index (χ2n) is 7.85. The van der Waals surface area contributed by atoms with Gasteiger partial charge in [0.2, 0.25) is 5.91 Å². The predicted octanol–water partition coefficient (Wildman–Crippen LogP) is 2.92. The number of hydrogen-bond acceptors (Lipinski definition) is 2. The first-order valence-electron chi connectivity index (χ1n) is 9.43. The lowest BCUT2D eigenvalue weighted by molar-refractivity contribution is -0.182. The van der Waals surface area contributed by atoms with Crippen molar-refractivity contribution in [3.05, 3.63) is 0 Å². The molecule has 0 bridgehead atoms. The van der Waals surface area contributed by atoms with Crippen molar-refractivity contribution in [1.29, 1.82) is 0 Å². The Morgan fingerprint density at radius 1 is 1.15 bits per heavy atom. The summed E-state index contributed by atoms with van der Waals surface area (Å²) in [5.74, 6) is -0.489. The van der Waals surface area contributed by atoms with Crippen LogP contribution in [0.1, 0.15) is 51.4 Å². The third-order valence-electron chi connectivity index (χ3n) is 5.77. The van der Waals surface area contributed by atoms with Gasteiger partial charge in [-0.1, -0.05) is 12.8 Å². The van der Waals surface area contributed by atoms with Crippen LogP contribution in [-0.2, 0) is 4.79 Å². The quantitative estimate of drug-likeness (QED) is 0.586. The third-order valence-corrected chi connectivity index (χ3v) is 5.77. The number of alkyl halides is 3. The average molecular weight is 376 g/mol. The molecule has 8 heteroatoms. The zero-order valence-corrected chi connectivity index (χ0v) is 16.0. The Morgan fingerprint density at radius 2 is 1.73 bits per heavy atom. The summed E-state index contributed by atoms with van der Waals surface area (Å²) < 4.78 is 38.3. The molecular formula is C18H31F3N4O. The molecule has 2 rings (SSSR count). The van der Waals surface area contributed by atoms with Gasteiger partial charge in [0.25, 0.3) is 0 Å². The van der Waals surface area contributed by atoms with E-state index in [1.807, 2.05) is 0 Å². The molecule has 0 atom stereocenters. The lowest BCUT2D eigenvalue weighted by Crippen LogP contribution is -2.51. The zero-order valence-electron chi connectivity index (χ0n) is 16.0. The number of carbonyl (C=O) groups excluding carboxylic acids is 1. The van der Waals surface area contributed by atoms with E-state index in [0.29, 0.717) is 25.3 Å². The Labute approximate surface area is 153 Å². The van der Waals surface area contributed by atoms with Crippen molar-refractivity contribution in [2.24, 2.45) is 16.3 Å². The Morgan fingerprint density at radius 3 is 2.19 bits per heavy atom. The highest BCUT2D eigenvalue weighted by atomic mass is 19.4. The van der Waals surface area contributed by atoms with Crippen molar-refractivity contribution < 1.29 is 18.0 Å². The van der Waals surface area contributed by atoms with E-state index < -0.39 is 17.5 Å². The number of guanidine groups is 1. The van der Waals surface area contributed by atoms with Crippen LogP contribution >= 0.6 is 0 Å². The molecule has 26 heavy (non-hydrogen) atoms. The number of aliphatic imine (C=N–C) groups is 1. The topological polar surface area (TPSA) is 56.7 Å². The summed E-state index contributed by atoms with van der Waals surface area (Å²) in [7, 11) is 5.19. The van der Waals surface area contributed by atoms with Gasteiger partial charge in [0.15, 0.2) is 5.96 Å². The molecule has 5 nitrogen and oxygen atoms in total. The van der Waals surface area contributed by atoms with Crippen molar-refractivity contribution in [2.75, 3.05) is 27.7 Å². The standard InChI is InChI=1S/C18H31F3N4O/c1-22-16(24-14-8-6-13(7-9-14)18(19,20)21)23-12-17(10-4-5-11-17)15(26)25(2)3/h13-14H,4-12H2,1-3H3,(H2,22,23,24). The molecule has 0 saturated heterocycles. The first kappa shape index (κ1) is 20.8. The molecule has 0 radical (unpaired) electrons. The van der Waals surface area contributed by atoms with Crippen LogP contribution in [0, 0.1) is 11.3 Å². The van der Waals surface area contributed by atoms with Crippen LogP contribution < -0.4 is 10.6 Å². The summed E-state index contributed by atoms with van der Waals surface area (Å²) in [6.07, 6.45) is 0.951. The first-order chi connectivity index (χ1) is 12.2. The molecule has 2 saturated carbocycles. The van der Waals surface area contributed by atoms with Crippen molar-refractivity contribution >= 4 is 11.9 Å². The SMILES string of the molecule is CN=C(NCC1(C(=O)N(C)C)CCCC1)NC1CCC(C(F)(F)F)CC1. The summed E-state index contributed by atoms with van der Waals surface area (Å²) in [6.45, 7) is 0.502. The second kappa shape index (κ2) is 8.48. The van der Waals surface area contributed by atoms with Gasteiger partial charge in [-0.3, -0.25) is 9.79 Å². The number of halogens is 3. The smallest absolute Gasteiger partial charge is 0.355 e. The highest BCUT2D eigenvalue weighted by Gasteiger charge is 2.43. The summed E-state index contributed by atoms with van der Waals surface area (Å²) >= 11 is 0. The summed E-state index contributed by atoms with van der Waals surface area (Å²) in [4.78, 5) is 18.4. The Bertz CT molecular complexity index is 505. The van der Waals surface area contributed by atoms with Crippen LogP contribution in [0.5, 0.6) is 0 Å². The number of nitrogens with one attached hydrogen (secondary N) is 2. The van der Waals surface area contributed by atoms with E-state index in [4.69, 9.17) is 0 Å². The molecule has 2 fully saturated rings.